The SMILES string of the molecule is CCc1ncccc1C1=CCNCC1. The molecule has 14 heavy (non-hydrogen) atoms. The van der Waals surface area contributed by atoms with Crippen LogP contribution in [0, 0.1) is 0 Å². The molecular weight excluding hydrogens is 172 g/mol. The standard InChI is InChI=1S/C12H16N2/c1-2-12-11(4-3-7-14-12)10-5-8-13-9-6-10/h3-5,7,13H,2,6,8-9H2,1H3. The summed E-state index contributed by atoms with van der Waals surface area (Å²) in [6.45, 7) is 4.24. The molecule has 1 aliphatic rings. The summed E-state index contributed by atoms with van der Waals surface area (Å²) < 4.78 is 0. The van der Waals surface area contributed by atoms with E-state index in [1.165, 1.54) is 16.8 Å². The Bertz CT molecular complexity index is 342. The van der Waals surface area contributed by atoms with Crippen molar-refractivity contribution >= 4 is 5.57 Å². The van der Waals surface area contributed by atoms with Crippen LogP contribution in [0.25, 0.3) is 5.57 Å². The summed E-state index contributed by atoms with van der Waals surface area (Å²) in [7, 11) is 0. The Balaban J connectivity index is 2.34. The van der Waals surface area contributed by atoms with E-state index in [-0.39, 0.29) is 0 Å². The molecule has 0 unspecified atom stereocenters. The number of hydrogen-bond donors (Lipinski definition) is 1. The summed E-state index contributed by atoms with van der Waals surface area (Å²) in [6.07, 6.45) is 6.29. The topological polar surface area (TPSA) is 24.9 Å². The van der Waals surface area contributed by atoms with Crippen molar-refractivity contribution in [3.05, 3.63) is 35.7 Å². The summed E-state index contributed by atoms with van der Waals surface area (Å²) in [5.74, 6) is 0. The molecule has 2 heterocycles. The molecule has 1 aliphatic heterocycles. The van der Waals surface area contributed by atoms with Gasteiger partial charge in [-0.25, -0.2) is 0 Å². The first-order valence-corrected chi connectivity index (χ1v) is 5.26. The number of nitrogens with zero attached hydrogens (tertiary/aromatic N) is 1. The van der Waals surface area contributed by atoms with Gasteiger partial charge in [-0.3, -0.25) is 4.98 Å². The van der Waals surface area contributed by atoms with Crippen LogP contribution in [0.2, 0.25) is 0 Å². The van der Waals surface area contributed by atoms with Crippen molar-refractivity contribution < 1.29 is 0 Å². The molecule has 0 amide bonds. The lowest BCUT2D eigenvalue weighted by Crippen LogP contribution is -2.20. The monoisotopic (exact) mass is 188 g/mol. The lowest BCUT2D eigenvalue weighted by molar-refractivity contribution is 0.737. The van der Waals surface area contributed by atoms with Crippen LogP contribution < -0.4 is 5.32 Å². The fraction of sp³-hybridized carbons (Fsp3) is 0.417. The molecule has 1 aromatic heterocycles. The number of aromatic nitrogens is 1. The van der Waals surface area contributed by atoms with Crippen molar-refractivity contribution in [3.63, 3.8) is 0 Å². The highest BCUT2D eigenvalue weighted by atomic mass is 14.8. The van der Waals surface area contributed by atoms with Gasteiger partial charge in [0.05, 0.1) is 0 Å². The van der Waals surface area contributed by atoms with E-state index in [1.807, 2.05) is 12.3 Å². The molecule has 0 saturated heterocycles. The fourth-order valence-electron chi connectivity index (χ4n) is 1.88. The molecule has 2 nitrogen and oxygen atoms in total. The van der Waals surface area contributed by atoms with Crippen molar-refractivity contribution in [2.75, 3.05) is 13.1 Å². The van der Waals surface area contributed by atoms with Gasteiger partial charge in [0.2, 0.25) is 0 Å². The minimum atomic E-state index is 0.993. The molecule has 0 aromatic carbocycles. The van der Waals surface area contributed by atoms with E-state index < -0.39 is 0 Å². The predicted octanol–water partition coefficient (Wildman–Crippen LogP) is 2.02. The molecule has 0 radical (unpaired) electrons. The van der Waals surface area contributed by atoms with Crippen LogP contribution in [0.3, 0.4) is 0 Å². The van der Waals surface area contributed by atoms with Crippen LogP contribution in [-0.2, 0) is 6.42 Å². The zero-order chi connectivity index (χ0) is 9.80. The van der Waals surface area contributed by atoms with Gasteiger partial charge in [-0.1, -0.05) is 19.1 Å². The molecule has 0 fully saturated rings. The van der Waals surface area contributed by atoms with Gasteiger partial charge < -0.3 is 5.32 Å². The second-order valence-electron chi connectivity index (χ2n) is 3.53. The summed E-state index contributed by atoms with van der Waals surface area (Å²) in [4.78, 5) is 4.41. The Labute approximate surface area is 85.1 Å². The van der Waals surface area contributed by atoms with E-state index >= 15 is 0 Å². The molecule has 0 saturated carbocycles. The van der Waals surface area contributed by atoms with Crippen molar-refractivity contribution in [3.8, 4) is 0 Å². The van der Waals surface area contributed by atoms with Gasteiger partial charge in [0.15, 0.2) is 0 Å². The number of hydrogen-bond acceptors (Lipinski definition) is 2. The average molecular weight is 188 g/mol. The average Bonchev–Trinajstić information content (AvgIpc) is 2.30. The molecule has 1 N–H and O–H groups in total. The van der Waals surface area contributed by atoms with E-state index in [2.05, 4.69) is 29.4 Å². The number of rotatable bonds is 2. The molecule has 0 bridgehead atoms. The third-order valence-electron chi connectivity index (χ3n) is 2.63. The molecule has 0 atom stereocenters. The zero-order valence-electron chi connectivity index (χ0n) is 8.59. The lowest BCUT2D eigenvalue weighted by Gasteiger charge is -2.16. The Morgan fingerprint density at radius 1 is 1.50 bits per heavy atom. The Hall–Kier alpha value is -1.15. The lowest BCUT2D eigenvalue weighted by atomic mass is 9.98. The highest BCUT2D eigenvalue weighted by Crippen LogP contribution is 2.22. The molecule has 2 rings (SSSR count). The summed E-state index contributed by atoms with van der Waals surface area (Å²) in [5, 5.41) is 3.33. The third kappa shape index (κ3) is 1.85. The Morgan fingerprint density at radius 3 is 3.14 bits per heavy atom. The van der Waals surface area contributed by atoms with Crippen LogP contribution >= 0.6 is 0 Å². The van der Waals surface area contributed by atoms with Gasteiger partial charge in [0, 0.05) is 18.4 Å². The Kier molecular flexibility index (Phi) is 2.94. The van der Waals surface area contributed by atoms with E-state index in [0.717, 1.165) is 25.9 Å². The maximum absolute atomic E-state index is 4.41. The van der Waals surface area contributed by atoms with Gasteiger partial charge in [0.1, 0.15) is 0 Å². The fourth-order valence-corrected chi connectivity index (χ4v) is 1.88. The first-order chi connectivity index (χ1) is 6.92. The number of nitrogens with one attached hydrogen (secondary N) is 1. The van der Waals surface area contributed by atoms with Crippen LogP contribution in [0.1, 0.15) is 24.6 Å². The summed E-state index contributed by atoms with van der Waals surface area (Å²) in [6, 6.07) is 4.21. The van der Waals surface area contributed by atoms with E-state index in [1.54, 1.807) is 0 Å². The second kappa shape index (κ2) is 4.38. The van der Waals surface area contributed by atoms with Gasteiger partial charge >= 0.3 is 0 Å². The van der Waals surface area contributed by atoms with Crippen molar-refractivity contribution in [2.24, 2.45) is 0 Å². The largest absolute Gasteiger partial charge is 0.313 e. The molecule has 0 spiro atoms. The number of pyridine rings is 1. The first-order valence-electron chi connectivity index (χ1n) is 5.26. The maximum Gasteiger partial charge on any atom is 0.0475 e. The van der Waals surface area contributed by atoms with E-state index in [4.69, 9.17) is 0 Å². The van der Waals surface area contributed by atoms with E-state index in [9.17, 15) is 0 Å². The zero-order valence-corrected chi connectivity index (χ0v) is 8.59. The highest BCUT2D eigenvalue weighted by Gasteiger charge is 2.09. The molecule has 74 valence electrons. The van der Waals surface area contributed by atoms with Crippen molar-refractivity contribution in [1.29, 1.82) is 0 Å². The number of aryl methyl sites for hydroxylation is 1. The normalized spacial score (nSPS) is 16.5. The first kappa shape index (κ1) is 9.41. The molecular formula is C12H16N2. The van der Waals surface area contributed by atoms with Crippen LogP contribution in [0.4, 0.5) is 0 Å². The second-order valence-corrected chi connectivity index (χ2v) is 3.53. The van der Waals surface area contributed by atoms with Crippen LogP contribution in [-0.4, -0.2) is 18.1 Å². The predicted molar refractivity (Wildman–Crippen MR) is 59.1 cm³/mol. The molecule has 0 aliphatic carbocycles. The highest BCUT2D eigenvalue weighted by molar-refractivity contribution is 5.68. The maximum atomic E-state index is 4.41. The summed E-state index contributed by atoms with van der Waals surface area (Å²) >= 11 is 0. The quantitative estimate of drug-likeness (QED) is 0.768. The molecule has 2 heteroatoms. The molecule has 1 aromatic rings. The van der Waals surface area contributed by atoms with Gasteiger partial charge in [-0.05, 0) is 36.6 Å². The smallest absolute Gasteiger partial charge is 0.0475 e. The van der Waals surface area contributed by atoms with Gasteiger partial charge in [-0.2, -0.15) is 0 Å². The minimum absolute atomic E-state index is 0.993. The Morgan fingerprint density at radius 2 is 2.43 bits per heavy atom. The van der Waals surface area contributed by atoms with Gasteiger partial charge in [0.25, 0.3) is 0 Å². The summed E-state index contributed by atoms with van der Waals surface area (Å²) in [5.41, 5.74) is 4.02. The van der Waals surface area contributed by atoms with Crippen LogP contribution in [0.5, 0.6) is 0 Å². The van der Waals surface area contributed by atoms with Gasteiger partial charge in [-0.15, -0.1) is 0 Å². The minimum Gasteiger partial charge on any atom is -0.313 e. The van der Waals surface area contributed by atoms with E-state index in [0.29, 0.717) is 0 Å². The van der Waals surface area contributed by atoms with Crippen molar-refractivity contribution in [1.82, 2.24) is 10.3 Å². The third-order valence-corrected chi connectivity index (χ3v) is 2.63. The van der Waals surface area contributed by atoms with Crippen LogP contribution in [0.15, 0.2) is 24.4 Å². The van der Waals surface area contributed by atoms with Crippen molar-refractivity contribution in [2.45, 2.75) is 19.8 Å².